The van der Waals surface area contributed by atoms with Crippen LogP contribution in [0.25, 0.3) is 5.76 Å². The van der Waals surface area contributed by atoms with Gasteiger partial charge in [-0.15, -0.1) is 0 Å². The number of benzene rings is 2. The second-order valence-electron chi connectivity index (χ2n) is 8.37. The molecule has 0 radical (unpaired) electrons. The van der Waals surface area contributed by atoms with Crippen molar-refractivity contribution in [3.63, 3.8) is 0 Å². The lowest BCUT2D eigenvalue weighted by Gasteiger charge is -2.25. The highest BCUT2D eigenvalue weighted by Crippen LogP contribution is 2.40. The molecule has 1 aliphatic heterocycles. The van der Waals surface area contributed by atoms with E-state index in [1.54, 1.807) is 30.3 Å². The number of aliphatic hydroxyl groups is 1. The van der Waals surface area contributed by atoms with Crippen molar-refractivity contribution in [3.8, 4) is 5.75 Å². The molecule has 0 bridgehead atoms. The molecule has 0 aromatic heterocycles. The minimum Gasteiger partial charge on any atom is -0.507 e. The number of carbonyl (C=O) groups excluding carboxylic acids is 2. The number of hydrogen-bond donors (Lipinski definition) is 1. The first-order valence-electron chi connectivity index (χ1n) is 11.1. The Balaban J connectivity index is 2.07. The number of amides is 1. The van der Waals surface area contributed by atoms with Crippen LogP contribution in [0.1, 0.15) is 36.9 Å². The van der Waals surface area contributed by atoms with E-state index < -0.39 is 22.7 Å². The summed E-state index contributed by atoms with van der Waals surface area (Å²) in [7, 11) is 3.81. The van der Waals surface area contributed by atoms with Gasteiger partial charge in [-0.1, -0.05) is 19.1 Å². The van der Waals surface area contributed by atoms with Crippen LogP contribution in [-0.4, -0.2) is 65.3 Å². The summed E-state index contributed by atoms with van der Waals surface area (Å²) < 4.78 is 5.57. The molecule has 9 nitrogen and oxygen atoms in total. The number of nitro benzene ring substituents is 1. The van der Waals surface area contributed by atoms with Crippen molar-refractivity contribution in [2.75, 3.05) is 33.8 Å². The fourth-order valence-electron chi connectivity index (χ4n) is 3.91. The van der Waals surface area contributed by atoms with Crippen molar-refractivity contribution < 1.29 is 24.4 Å². The molecule has 1 heterocycles. The maximum absolute atomic E-state index is 13.1. The Hall–Kier alpha value is -3.72. The number of hydrogen-bond acceptors (Lipinski definition) is 7. The Labute approximate surface area is 198 Å². The number of likely N-dealkylation sites (tertiary alicyclic amines) is 1. The Morgan fingerprint density at radius 1 is 1.18 bits per heavy atom. The third kappa shape index (κ3) is 5.43. The fraction of sp³-hybridized carbons (Fsp3) is 0.360. The van der Waals surface area contributed by atoms with Gasteiger partial charge in [0.25, 0.3) is 17.4 Å². The van der Waals surface area contributed by atoms with Crippen molar-refractivity contribution in [3.05, 3.63) is 75.3 Å². The van der Waals surface area contributed by atoms with Crippen LogP contribution in [0, 0.1) is 10.1 Å². The van der Waals surface area contributed by atoms with Crippen LogP contribution in [0.3, 0.4) is 0 Å². The fourth-order valence-corrected chi connectivity index (χ4v) is 3.91. The summed E-state index contributed by atoms with van der Waals surface area (Å²) in [6.07, 6.45) is 1.44. The van der Waals surface area contributed by atoms with E-state index in [4.69, 9.17) is 4.74 Å². The first-order valence-corrected chi connectivity index (χ1v) is 11.1. The van der Waals surface area contributed by atoms with Gasteiger partial charge in [-0.2, -0.15) is 0 Å². The maximum atomic E-state index is 13.1. The van der Waals surface area contributed by atoms with Crippen LogP contribution in [0.2, 0.25) is 0 Å². The van der Waals surface area contributed by atoms with Gasteiger partial charge in [0.05, 0.1) is 23.1 Å². The zero-order valence-electron chi connectivity index (χ0n) is 19.6. The Kier molecular flexibility index (Phi) is 8.01. The normalized spacial score (nSPS) is 17.4. The van der Waals surface area contributed by atoms with Gasteiger partial charge in [0.15, 0.2) is 0 Å². The maximum Gasteiger partial charge on any atom is 0.295 e. The number of Topliss-reactive ketones (excluding diaryl/α,β-unsaturated/α-hetero) is 1. The molecule has 1 unspecified atom stereocenters. The molecule has 180 valence electrons. The van der Waals surface area contributed by atoms with Gasteiger partial charge in [-0.3, -0.25) is 19.7 Å². The second kappa shape index (κ2) is 10.9. The molecule has 9 heteroatoms. The zero-order valence-corrected chi connectivity index (χ0v) is 19.6. The van der Waals surface area contributed by atoms with Crippen molar-refractivity contribution >= 4 is 23.1 Å². The third-order valence-corrected chi connectivity index (χ3v) is 5.54. The van der Waals surface area contributed by atoms with E-state index in [1.807, 2.05) is 25.9 Å². The first-order chi connectivity index (χ1) is 16.2. The summed E-state index contributed by atoms with van der Waals surface area (Å²) in [5.41, 5.74) is 0.500. The summed E-state index contributed by atoms with van der Waals surface area (Å²) in [5, 5.41) is 22.5. The molecule has 1 amide bonds. The minimum atomic E-state index is -0.932. The standard InChI is InChI=1S/C25H29N3O6/c1-4-15-34-20-11-9-17(10-12-20)23(29)21-22(18-7-5-8-19(16-18)28(32)33)27(25(31)24(21)30)14-6-13-26(2)3/h5,7-12,16,22,29H,4,6,13-15H2,1-3H3/b23-21-. The van der Waals surface area contributed by atoms with Gasteiger partial charge >= 0.3 is 0 Å². The molecule has 34 heavy (non-hydrogen) atoms. The van der Waals surface area contributed by atoms with E-state index in [0.29, 0.717) is 36.4 Å². The third-order valence-electron chi connectivity index (χ3n) is 5.54. The summed E-state index contributed by atoms with van der Waals surface area (Å²) in [4.78, 5) is 40.2. The highest BCUT2D eigenvalue weighted by atomic mass is 16.6. The van der Waals surface area contributed by atoms with Gasteiger partial charge in [-0.25, -0.2) is 0 Å². The van der Waals surface area contributed by atoms with Crippen LogP contribution >= 0.6 is 0 Å². The number of ketones is 1. The van der Waals surface area contributed by atoms with Gasteiger partial charge in [0, 0.05) is 24.2 Å². The quantitative estimate of drug-likeness (QED) is 0.186. The van der Waals surface area contributed by atoms with E-state index in [1.165, 1.54) is 23.1 Å². The van der Waals surface area contributed by atoms with E-state index in [9.17, 15) is 24.8 Å². The second-order valence-corrected chi connectivity index (χ2v) is 8.37. The van der Waals surface area contributed by atoms with E-state index in [2.05, 4.69) is 0 Å². The number of nitro groups is 1. The summed E-state index contributed by atoms with van der Waals surface area (Å²) in [5.74, 6) is -1.25. The molecular formula is C25H29N3O6. The van der Waals surface area contributed by atoms with E-state index in [-0.39, 0.29) is 23.6 Å². The van der Waals surface area contributed by atoms with Gasteiger partial charge in [0.1, 0.15) is 11.5 Å². The van der Waals surface area contributed by atoms with Gasteiger partial charge in [-0.05, 0) is 63.3 Å². The van der Waals surface area contributed by atoms with E-state index in [0.717, 1.165) is 6.42 Å². The summed E-state index contributed by atoms with van der Waals surface area (Å²) in [6, 6.07) is 11.5. The molecule has 1 N–H and O–H groups in total. The van der Waals surface area contributed by atoms with Gasteiger partial charge in [0.2, 0.25) is 0 Å². The molecule has 3 rings (SSSR count). The monoisotopic (exact) mass is 467 g/mol. The SMILES string of the molecule is CCCOc1ccc(/C(O)=C2/C(=O)C(=O)N(CCCN(C)C)C2c2cccc([N+](=O)[O-])c2)cc1. The molecule has 1 atom stereocenters. The van der Waals surface area contributed by atoms with Crippen molar-refractivity contribution in [2.45, 2.75) is 25.8 Å². The van der Waals surface area contributed by atoms with Crippen molar-refractivity contribution in [2.24, 2.45) is 0 Å². The molecule has 1 aliphatic rings. The molecule has 2 aromatic carbocycles. The molecule has 1 fully saturated rings. The zero-order chi connectivity index (χ0) is 24.8. The highest BCUT2D eigenvalue weighted by Gasteiger charge is 2.46. The smallest absolute Gasteiger partial charge is 0.295 e. The van der Waals surface area contributed by atoms with Crippen LogP contribution in [0.15, 0.2) is 54.1 Å². The average Bonchev–Trinajstić information content (AvgIpc) is 3.07. The molecule has 2 aromatic rings. The van der Waals surface area contributed by atoms with Crippen molar-refractivity contribution in [1.82, 2.24) is 9.80 Å². The lowest BCUT2D eigenvalue weighted by molar-refractivity contribution is -0.384. The number of ether oxygens (including phenoxy) is 1. The molecular weight excluding hydrogens is 438 g/mol. The predicted molar refractivity (Wildman–Crippen MR) is 128 cm³/mol. The number of carbonyl (C=O) groups is 2. The lowest BCUT2D eigenvalue weighted by Crippen LogP contribution is -2.32. The number of non-ortho nitro benzene ring substituents is 1. The van der Waals surface area contributed by atoms with E-state index >= 15 is 0 Å². The average molecular weight is 468 g/mol. The Morgan fingerprint density at radius 2 is 1.88 bits per heavy atom. The van der Waals surface area contributed by atoms with Crippen molar-refractivity contribution in [1.29, 1.82) is 0 Å². The highest BCUT2D eigenvalue weighted by molar-refractivity contribution is 6.46. The topological polar surface area (TPSA) is 113 Å². The number of nitrogens with zero attached hydrogens (tertiary/aromatic N) is 3. The molecule has 1 saturated heterocycles. The largest absolute Gasteiger partial charge is 0.507 e. The Bertz CT molecular complexity index is 1090. The molecule has 0 saturated carbocycles. The van der Waals surface area contributed by atoms with Crippen LogP contribution in [0.5, 0.6) is 5.75 Å². The van der Waals surface area contributed by atoms with Gasteiger partial charge < -0.3 is 19.6 Å². The minimum absolute atomic E-state index is 0.0856. The first kappa shape index (κ1) is 24.9. The Morgan fingerprint density at radius 3 is 2.50 bits per heavy atom. The number of aliphatic hydroxyl groups excluding tert-OH is 1. The number of rotatable bonds is 10. The predicted octanol–water partition coefficient (Wildman–Crippen LogP) is 3.76. The van der Waals surface area contributed by atoms with Crippen LogP contribution < -0.4 is 4.74 Å². The molecule has 0 aliphatic carbocycles. The van der Waals surface area contributed by atoms with Crippen LogP contribution in [0.4, 0.5) is 5.69 Å². The lowest BCUT2D eigenvalue weighted by atomic mass is 9.95. The summed E-state index contributed by atoms with van der Waals surface area (Å²) >= 11 is 0. The molecule has 0 spiro atoms. The van der Waals surface area contributed by atoms with Crippen LogP contribution in [-0.2, 0) is 9.59 Å². The summed E-state index contributed by atoms with van der Waals surface area (Å²) in [6.45, 7) is 3.49.